The molecule has 0 aliphatic carbocycles. The first kappa shape index (κ1) is 29.9. The van der Waals surface area contributed by atoms with Crippen molar-refractivity contribution in [3.8, 4) is 0 Å². The molecule has 196 valence electrons. The van der Waals surface area contributed by atoms with Gasteiger partial charge in [-0.1, -0.05) is 29.3 Å². The Balaban J connectivity index is 3.64. The van der Waals surface area contributed by atoms with E-state index in [1.165, 1.54) is 4.90 Å². The summed E-state index contributed by atoms with van der Waals surface area (Å²) in [6, 6.07) is 3.18. The first-order chi connectivity index (χ1) is 15.8. The minimum atomic E-state index is -1.32. The number of amides is 4. The third-order valence-corrected chi connectivity index (χ3v) is 4.85. The molecule has 0 heterocycles. The van der Waals surface area contributed by atoms with Crippen molar-refractivity contribution in [2.24, 2.45) is 5.73 Å². The summed E-state index contributed by atoms with van der Waals surface area (Å²) < 4.78 is 5.29. The first-order valence-corrected chi connectivity index (χ1v) is 11.8. The maximum absolute atomic E-state index is 14.0. The molecule has 0 saturated heterocycles. The average molecular weight is 491 g/mol. The topological polar surface area (TPSA) is 131 Å². The summed E-state index contributed by atoms with van der Waals surface area (Å²) in [7, 11) is 0. The minimum Gasteiger partial charge on any atom is -0.444 e. The summed E-state index contributed by atoms with van der Waals surface area (Å²) in [6.45, 7) is 17.9. The van der Waals surface area contributed by atoms with Gasteiger partial charge >= 0.3 is 6.09 Å². The molecule has 2 unspecified atom stereocenters. The molecule has 0 aromatic heterocycles. The fourth-order valence-electron chi connectivity index (χ4n) is 3.81. The van der Waals surface area contributed by atoms with Gasteiger partial charge in [-0.3, -0.25) is 14.4 Å². The van der Waals surface area contributed by atoms with Gasteiger partial charge in [-0.05, 0) is 74.8 Å². The molecule has 35 heavy (non-hydrogen) atoms. The average Bonchev–Trinajstić information content (AvgIpc) is 2.60. The number of aryl methyl sites for hydroxylation is 2. The van der Waals surface area contributed by atoms with E-state index < -0.39 is 47.6 Å². The second-order valence-corrected chi connectivity index (χ2v) is 11.2. The van der Waals surface area contributed by atoms with Crippen LogP contribution in [0.3, 0.4) is 0 Å². The quantitative estimate of drug-likeness (QED) is 0.515. The number of ether oxygens (including phenoxy) is 1. The van der Waals surface area contributed by atoms with Gasteiger partial charge in [0.15, 0.2) is 0 Å². The van der Waals surface area contributed by atoms with E-state index in [1.807, 2.05) is 45.9 Å². The van der Waals surface area contributed by atoms with E-state index in [1.54, 1.807) is 41.5 Å². The van der Waals surface area contributed by atoms with Gasteiger partial charge in [-0.15, -0.1) is 0 Å². The van der Waals surface area contributed by atoms with E-state index in [0.717, 1.165) is 11.1 Å². The van der Waals surface area contributed by atoms with Crippen molar-refractivity contribution in [3.05, 3.63) is 34.9 Å². The summed E-state index contributed by atoms with van der Waals surface area (Å²) >= 11 is 0. The molecule has 1 rings (SSSR count). The molecule has 2 atom stereocenters. The molecule has 0 spiro atoms. The largest absolute Gasteiger partial charge is 0.444 e. The van der Waals surface area contributed by atoms with Crippen molar-refractivity contribution in [2.75, 3.05) is 0 Å². The molecule has 0 fully saturated rings. The lowest BCUT2D eigenvalue weighted by Gasteiger charge is -2.43. The van der Waals surface area contributed by atoms with Crippen LogP contribution in [0.15, 0.2) is 18.2 Å². The number of carbonyl (C=O) groups excluding carboxylic acids is 4. The monoisotopic (exact) mass is 490 g/mol. The number of nitrogens with zero attached hydrogens (tertiary/aromatic N) is 1. The van der Waals surface area contributed by atoms with E-state index in [4.69, 9.17) is 10.5 Å². The van der Waals surface area contributed by atoms with Crippen LogP contribution in [0.2, 0.25) is 0 Å². The minimum absolute atomic E-state index is 0.172. The lowest BCUT2D eigenvalue weighted by atomic mass is 9.93. The number of hydrogen-bond donors (Lipinski definition) is 3. The molecule has 0 aliphatic rings. The van der Waals surface area contributed by atoms with Crippen LogP contribution in [-0.2, 0) is 19.1 Å². The van der Waals surface area contributed by atoms with Crippen molar-refractivity contribution in [2.45, 2.75) is 105 Å². The lowest BCUT2D eigenvalue weighted by Crippen LogP contribution is -2.59. The number of carbonyl (C=O) groups is 4. The van der Waals surface area contributed by atoms with Crippen molar-refractivity contribution in [1.29, 1.82) is 0 Å². The molecular weight excluding hydrogens is 448 g/mol. The highest BCUT2D eigenvalue weighted by Gasteiger charge is 2.42. The SMILES string of the molecule is Cc1cc(C)cc(C(C(=O)NC(C)C)N(C(=O)C(CC(N)=O)NC(=O)OC(C)(C)C)C(C)(C)C)c1. The zero-order valence-electron chi connectivity index (χ0n) is 22.7. The van der Waals surface area contributed by atoms with Gasteiger partial charge in [0.1, 0.15) is 17.7 Å². The summed E-state index contributed by atoms with van der Waals surface area (Å²) in [5, 5.41) is 5.38. The van der Waals surface area contributed by atoms with Crippen LogP contribution < -0.4 is 16.4 Å². The fourth-order valence-corrected chi connectivity index (χ4v) is 3.81. The van der Waals surface area contributed by atoms with E-state index in [-0.39, 0.29) is 11.9 Å². The molecular formula is C26H42N4O5. The van der Waals surface area contributed by atoms with Gasteiger partial charge in [0, 0.05) is 11.6 Å². The predicted octanol–water partition coefficient (Wildman–Crippen LogP) is 3.26. The second kappa shape index (κ2) is 11.6. The van der Waals surface area contributed by atoms with Gasteiger partial charge in [0.25, 0.3) is 0 Å². The Bertz CT molecular complexity index is 924. The Morgan fingerprint density at radius 1 is 0.943 bits per heavy atom. The van der Waals surface area contributed by atoms with Gasteiger partial charge < -0.3 is 26.0 Å². The number of nitrogens with two attached hydrogens (primary N) is 1. The molecule has 0 saturated carbocycles. The Labute approximate surface area is 209 Å². The van der Waals surface area contributed by atoms with Crippen LogP contribution in [0.4, 0.5) is 4.79 Å². The molecule has 0 radical (unpaired) electrons. The number of benzene rings is 1. The summed E-state index contributed by atoms with van der Waals surface area (Å²) in [6.07, 6.45) is -1.31. The number of nitrogens with one attached hydrogen (secondary N) is 2. The third-order valence-electron chi connectivity index (χ3n) is 4.85. The highest BCUT2D eigenvalue weighted by atomic mass is 16.6. The summed E-state index contributed by atoms with van der Waals surface area (Å²) in [4.78, 5) is 53.2. The highest BCUT2D eigenvalue weighted by molar-refractivity contribution is 5.95. The molecule has 9 nitrogen and oxygen atoms in total. The lowest BCUT2D eigenvalue weighted by molar-refractivity contribution is -0.149. The standard InChI is InChI=1S/C26H42N4O5/c1-15(2)28-22(32)21(18-12-16(3)11-17(4)13-18)30(25(5,6)7)23(33)19(14-20(27)31)29-24(34)35-26(8,9)10/h11-13,15,19,21H,14H2,1-10H3,(H2,27,31)(H,28,32)(H,29,34). The molecule has 4 amide bonds. The zero-order chi connectivity index (χ0) is 27.3. The number of hydrogen-bond acceptors (Lipinski definition) is 5. The molecule has 1 aromatic carbocycles. The number of primary amides is 1. The van der Waals surface area contributed by atoms with Gasteiger partial charge in [0.2, 0.25) is 17.7 Å². The van der Waals surface area contributed by atoms with Crippen molar-refractivity contribution >= 4 is 23.8 Å². The Morgan fingerprint density at radius 2 is 1.46 bits per heavy atom. The van der Waals surface area contributed by atoms with Crippen LogP contribution in [0.5, 0.6) is 0 Å². The maximum atomic E-state index is 14.0. The van der Waals surface area contributed by atoms with Crippen molar-refractivity contribution in [1.82, 2.24) is 15.5 Å². The number of rotatable bonds is 8. The van der Waals surface area contributed by atoms with E-state index >= 15 is 0 Å². The molecule has 4 N–H and O–H groups in total. The predicted molar refractivity (Wildman–Crippen MR) is 136 cm³/mol. The summed E-state index contributed by atoms with van der Waals surface area (Å²) in [5.41, 5.74) is 6.23. The Morgan fingerprint density at radius 3 is 1.86 bits per heavy atom. The first-order valence-electron chi connectivity index (χ1n) is 11.8. The molecule has 1 aromatic rings. The third kappa shape index (κ3) is 9.58. The molecule has 0 aliphatic heterocycles. The normalized spacial score (nSPS) is 13.6. The Hall–Kier alpha value is -3.10. The number of alkyl carbamates (subject to hydrolysis) is 1. The van der Waals surface area contributed by atoms with Crippen LogP contribution in [-0.4, -0.2) is 51.9 Å². The van der Waals surface area contributed by atoms with E-state index in [0.29, 0.717) is 5.56 Å². The highest BCUT2D eigenvalue weighted by Crippen LogP contribution is 2.31. The second-order valence-electron chi connectivity index (χ2n) is 11.2. The smallest absolute Gasteiger partial charge is 0.408 e. The maximum Gasteiger partial charge on any atom is 0.408 e. The van der Waals surface area contributed by atoms with Crippen molar-refractivity contribution < 1.29 is 23.9 Å². The van der Waals surface area contributed by atoms with Gasteiger partial charge in [-0.25, -0.2) is 4.79 Å². The van der Waals surface area contributed by atoms with E-state index in [2.05, 4.69) is 10.6 Å². The van der Waals surface area contributed by atoms with Gasteiger partial charge in [0.05, 0.1) is 6.42 Å². The van der Waals surface area contributed by atoms with Crippen LogP contribution in [0.25, 0.3) is 0 Å². The van der Waals surface area contributed by atoms with Crippen LogP contribution in [0.1, 0.15) is 84.5 Å². The Kier molecular flexibility index (Phi) is 9.88. The van der Waals surface area contributed by atoms with Crippen LogP contribution >= 0.6 is 0 Å². The van der Waals surface area contributed by atoms with Gasteiger partial charge in [-0.2, -0.15) is 0 Å². The van der Waals surface area contributed by atoms with E-state index in [9.17, 15) is 19.2 Å². The zero-order valence-corrected chi connectivity index (χ0v) is 22.7. The fraction of sp³-hybridized carbons (Fsp3) is 0.615. The molecule has 0 bridgehead atoms. The van der Waals surface area contributed by atoms with Crippen molar-refractivity contribution in [3.63, 3.8) is 0 Å². The summed E-state index contributed by atoms with van der Waals surface area (Å²) in [5.74, 6) is -1.77. The molecule has 9 heteroatoms. The van der Waals surface area contributed by atoms with Crippen LogP contribution in [0, 0.1) is 13.8 Å².